The van der Waals surface area contributed by atoms with Crippen molar-refractivity contribution in [1.29, 1.82) is 0 Å². The van der Waals surface area contributed by atoms with Crippen molar-refractivity contribution in [3.8, 4) is 0 Å². The molecule has 0 N–H and O–H groups in total. The summed E-state index contributed by atoms with van der Waals surface area (Å²) >= 11 is 0. The highest BCUT2D eigenvalue weighted by Gasteiger charge is 2.03. The first-order chi connectivity index (χ1) is 5.20. The molecule has 1 atom stereocenters. The van der Waals surface area contributed by atoms with Crippen LogP contribution >= 0.6 is 0 Å². The van der Waals surface area contributed by atoms with Gasteiger partial charge in [0.05, 0.1) is 12.7 Å². The Balaban J connectivity index is 3.43. The normalized spacial score (nSPS) is 13.0. The van der Waals surface area contributed by atoms with E-state index in [2.05, 4.69) is 26.8 Å². The fraction of sp³-hybridized carbons (Fsp3) is 0.700. The van der Waals surface area contributed by atoms with Crippen LogP contribution in [0.15, 0.2) is 12.2 Å². The number of ether oxygens (including phenoxy) is 1. The zero-order valence-corrected chi connectivity index (χ0v) is 7.89. The lowest BCUT2D eigenvalue weighted by Gasteiger charge is -2.14. The maximum atomic E-state index is 5.54. The van der Waals surface area contributed by atoms with Crippen molar-refractivity contribution < 1.29 is 4.74 Å². The van der Waals surface area contributed by atoms with E-state index >= 15 is 0 Å². The third-order valence-electron chi connectivity index (χ3n) is 1.44. The molecule has 0 fully saturated rings. The second-order valence-electron chi connectivity index (χ2n) is 2.86. The highest BCUT2D eigenvalue weighted by Crippen LogP contribution is 2.06. The van der Waals surface area contributed by atoms with Gasteiger partial charge in [-0.05, 0) is 19.8 Å². The predicted molar refractivity (Wildman–Crippen MR) is 49.4 cm³/mol. The van der Waals surface area contributed by atoms with Gasteiger partial charge in [0.25, 0.3) is 0 Å². The number of rotatable bonds is 6. The van der Waals surface area contributed by atoms with Crippen LogP contribution in [-0.2, 0) is 4.74 Å². The van der Waals surface area contributed by atoms with E-state index in [0.717, 1.165) is 18.4 Å². The molecule has 0 rings (SSSR count). The first kappa shape index (κ1) is 10.7. The van der Waals surface area contributed by atoms with Crippen LogP contribution in [0.1, 0.15) is 33.6 Å². The Kier molecular flexibility index (Phi) is 6.24. The maximum absolute atomic E-state index is 5.54. The van der Waals surface area contributed by atoms with Crippen molar-refractivity contribution in [1.82, 2.24) is 0 Å². The van der Waals surface area contributed by atoms with Gasteiger partial charge in [0.15, 0.2) is 0 Å². The third kappa shape index (κ3) is 6.11. The Morgan fingerprint density at radius 3 is 2.55 bits per heavy atom. The lowest BCUT2D eigenvalue weighted by Crippen LogP contribution is -2.13. The zero-order chi connectivity index (χ0) is 8.69. The minimum Gasteiger partial charge on any atom is -0.374 e. The summed E-state index contributed by atoms with van der Waals surface area (Å²) in [6.45, 7) is 10.7. The van der Waals surface area contributed by atoms with E-state index in [4.69, 9.17) is 4.74 Å². The molecule has 11 heavy (non-hydrogen) atoms. The van der Waals surface area contributed by atoms with Crippen LogP contribution in [0, 0.1) is 6.42 Å². The molecule has 0 aromatic rings. The van der Waals surface area contributed by atoms with Gasteiger partial charge < -0.3 is 4.74 Å². The predicted octanol–water partition coefficient (Wildman–Crippen LogP) is 2.97. The summed E-state index contributed by atoms with van der Waals surface area (Å²) in [6.07, 6.45) is 4.65. The molecular weight excluding hydrogens is 136 g/mol. The lowest BCUT2D eigenvalue weighted by atomic mass is 10.1. The van der Waals surface area contributed by atoms with Crippen LogP contribution in [0.4, 0.5) is 0 Å². The monoisotopic (exact) mass is 155 g/mol. The quantitative estimate of drug-likeness (QED) is 0.536. The first-order valence-corrected chi connectivity index (χ1v) is 4.30. The van der Waals surface area contributed by atoms with Crippen LogP contribution in [0.5, 0.6) is 0 Å². The van der Waals surface area contributed by atoms with Crippen LogP contribution in [0.25, 0.3) is 0 Å². The SMILES string of the molecule is C=C(C)COC([CH]CC)CC. The van der Waals surface area contributed by atoms with Crippen LogP contribution in [0.2, 0.25) is 0 Å². The summed E-state index contributed by atoms with van der Waals surface area (Å²) in [4.78, 5) is 0. The summed E-state index contributed by atoms with van der Waals surface area (Å²) < 4.78 is 5.54. The van der Waals surface area contributed by atoms with Crippen LogP contribution in [0.3, 0.4) is 0 Å². The molecule has 0 aromatic heterocycles. The third-order valence-corrected chi connectivity index (χ3v) is 1.44. The smallest absolute Gasteiger partial charge is 0.0675 e. The molecule has 0 bridgehead atoms. The molecule has 65 valence electrons. The van der Waals surface area contributed by atoms with Crippen molar-refractivity contribution >= 4 is 0 Å². The average Bonchev–Trinajstić information content (AvgIpc) is 1.97. The van der Waals surface area contributed by atoms with Gasteiger partial charge in [-0.25, -0.2) is 0 Å². The number of hydrogen-bond acceptors (Lipinski definition) is 1. The summed E-state index contributed by atoms with van der Waals surface area (Å²) in [5.74, 6) is 0. The molecule has 0 saturated heterocycles. The molecule has 1 radical (unpaired) electrons. The molecule has 0 aliphatic rings. The fourth-order valence-corrected chi connectivity index (χ4v) is 0.865. The molecule has 1 heteroatoms. The summed E-state index contributed by atoms with van der Waals surface area (Å²) in [6, 6.07) is 0. The molecule has 1 nitrogen and oxygen atoms in total. The van der Waals surface area contributed by atoms with Crippen LogP contribution < -0.4 is 0 Å². The second kappa shape index (κ2) is 6.41. The van der Waals surface area contributed by atoms with E-state index in [1.54, 1.807) is 0 Å². The Labute approximate surface area is 70.4 Å². The van der Waals surface area contributed by atoms with Crippen molar-refractivity contribution in [2.75, 3.05) is 6.61 Å². The largest absolute Gasteiger partial charge is 0.374 e. The van der Waals surface area contributed by atoms with Gasteiger partial charge in [-0.3, -0.25) is 0 Å². The first-order valence-electron chi connectivity index (χ1n) is 4.30. The standard InChI is InChI=1S/C10H19O/c1-5-7-10(6-2)11-8-9(3)4/h7,10H,3,5-6,8H2,1-2,4H3. The summed E-state index contributed by atoms with van der Waals surface area (Å²) in [5, 5.41) is 0. The molecule has 0 amide bonds. The van der Waals surface area contributed by atoms with Gasteiger partial charge >= 0.3 is 0 Å². The van der Waals surface area contributed by atoms with Gasteiger partial charge in [0.1, 0.15) is 0 Å². The molecule has 1 unspecified atom stereocenters. The van der Waals surface area contributed by atoms with Gasteiger partial charge in [0.2, 0.25) is 0 Å². The minimum atomic E-state index is 0.316. The minimum absolute atomic E-state index is 0.316. The van der Waals surface area contributed by atoms with E-state index < -0.39 is 0 Å². The summed E-state index contributed by atoms with van der Waals surface area (Å²) in [5.41, 5.74) is 1.09. The van der Waals surface area contributed by atoms with Crippen molar-refractivity contribution in [2.45, 2.75) is 39.7 Å². The Morgan fingerprint density at radius 1 is 1.55 bits per heavy atom. The average molecular weight is 155 g/mol. The van der Waals surface area contributed by atoms with Gasteiger partial charge in [0, 0.05) is 0 Å². The Hall–Kier alpha value is -0.300. The molecule has 0 aromatic carbocycles. The highest BCUT2D eigenvalue weighted by molar-refractivity contribution is 4.88. The van der Waals surface area contributed by atoms with Crippen LogP contribution in [-0.4, -0.2) is 12.7 Å². The van der Waals surface area contributed by atoms with Crippen molar-refractivity contribution in [3.05, 3.63) is 18.6 Å². The van der Waals surface area contributed by atoms with E-state index in [1.165, 1.54) is 0 Å². The van der Waals surface area contributed by atoms with E-state index in [-0.39, 0.29) is 0 Å². The van der Waals surface area contributed by atoms with Crippen molar-refractivity contribution in [3.63, 3.8) is 0 Å². The lowest BCUT2D eigenvalue weighted by molar-refractivity contribution is 0.0883. The Morgan fingerprint density at radius 2 is 2.18 bits per heavy atom. The molecule has 0 aliphatic carbocycles. The maximum Gasteiger partial charge on any atom is 0.0675 e. The van der Waals surface area contributed by atoms with Crippen molar-refractivity contribution in [2.24, 2.45) is 0 Å². The zero-order valence-electron chi connectivity index (χ0n) is 7.89. The van der Waals surface area contributed by atoms with E-state index in [9.17, 15) is 0 Å². The number of hydrogen-bond donors (Lipinski definition) is 0. The molecular formula is C10H19O. The van der Waals surface area contributed by atoms with Gasteiger partial charge in [-0.2, -0.15) is 0 Å². The second-order valence-corrected chi connectivity index (χ2v) is 2.86. The van der Waals surface area contributed by atoms with E-state index in [0.29, 0.717) is 12.7 Å². The molecule has 0 aliphatic heterocycles. The Bertz CT molecular complexity index is 107. The molecule has 0 saturated carbocycles. The summed E-state index contributed by atoms with van der Waals surface area (Å²) in [7, 11) is 0. The van der Waals surface area contributed by atoms with Gasteiger partial charge in [-0.1, -0.05) is 32.4 Å². The topological polar surface area (TPSA) is 9.23 Å². The molecule has 0 heterocycles. The fourth-order valence-electron chi connectivity index (χ4n) is 0.865. The molecule has 0 spiro atoms. The highest BCUT2D eigenvalue weighted by atomic mass is 16.5. The van der Waals surface area contributed by atoms with E-state index in [1.807, 2.05) is 6.92 Å². The van der Waals surface area contributed by atoms with Gasteiger partial charge in [-0.15, -0.1) is 0 Å².